The number of carbonyl (C=O) groups excluding carboxylic acids is 2. The summed E-state index contributed by atoms with van der Waals surface area (Å²) in [6.45, 7) is 0. The number of carbonyl (C=O) groups is 2. The highest BCUT2D eigenvalue weighted by molar-refractivity contribution is 9.11. The van der Waals surface area contributed by atoms with Gasteiger partial charge < -0.3 is 4.74 Å². The van der Waals surface area contributed by atoms with Crippen molar-refractivity contribution in [3.63, 3.8) is 0 Å². The standard InChI is InChI=1S/C25H14BrClN2O3S2/c26-22-19(18-12-14(27)6-11-21(18)34-22)13-20-23(30)28-25(33)29(24(20)31)15-7-9-17(10-8-15)32-16-4-2-1-3-5-16/h1-13H,(H,28,30,33)/b20-13+. The molecule has 2 amide bonds. The van der Waals surface area contributed by atoms with Crippen LogP contribution in [0.2, 0.25) is 5.02 Å². The molecule has 1 fully saturated rings. The second kappa shape index (κ2) is 9.31. The molecule has 1 N–H and O–H groups in total. The van der Waals surface area contributed by atoms with Crippen LogP contribution < -0.4 is 15.0 Å². The molecule has 0 atom stereocenters. The van der Waals surface area contributed by atoms with Gasteiger partial charge in [0.05, 0.1) is 9.47 Å². The number of anilines is 1. The zero-order valence-corrected chi connectivity index (χ0v) is 21.2. The number of halogens is 2. The van der Waals surface area contributed by atoms with E-state index in [4.69, 9.17) is 28.6 Å². The summed E-state index contributed by atoms with van der Waals surface area (Å²) in [6, 6.07) is 21.8. The monoisotopic (exact) mass is 568 g/mol. The molecule has 0 spiro atoms. The summed E-state index contributed by atoms with van der Waals surface area (Å²) >= 11 is 16.5. The fourth-order valence-corrected chi connectivity index (χ4v) is 5.71. The molecule has 9 heteroatoms. The Morgan fingerprint density at radius 1 is 1.00 bits per heavy atom. The molecule has 1 saturated heterocycles. The Bertz CT molecular complexity index is 1480. The smallest absolute Gasteiger partial charge is 0.270 e. The number of fused-ring (bicyclic) bond motifs is 1. The van der Waals surface area contributed by atoms with Gasteiger partial charge in [-0.1, -0.05) is 29.8 Å². The van der Waals surface area contributed by atoms with E-state index in [0.29, 0.717) is 27.8 Å². The van der Waals surface area contributed by atoms with E-state index in [2.05, 4.69) is 21.2 Å². The van der Waals surface area contributed by atoms with Gasteiger partial charge in [-0.25, -0.2) is 0 Å². The lowest BCUT2D eigenvalue weighted by molar-refractivity contribution is -0.122. The van der Waals surface area contributed by atoms with Crippen LogP contribution in [-0.4, -0.2) is 16.9 Å². The second-order valence-corrected chi connectivity index (χ2v) is 10.5. The SMILES string of the molecule is O=C1NC(=S)N(c2ccc(Oc3ccccc3)cc2)C(=O)/C1=C/c1c(Br)sc2ccc(Cl)cc12. The quantitative estimate of drug-likeness (QED) is 0.164. The number of thiocarbonyl (C=S) groups is 1. The summed E-state index contributed by atoms with van der Waals surface area (Å²) in [4.78, 5) is 27.4. The second-order valence-electron chi connectivity index (χ2n) is 7.30. The fraction of sp³-hybridized carbons (Fsp3) is 0. The summed E-state index contributed by atoms with van der Waals surface area (Å²) in [6.07, 6.45) is 1.57. The molecule has 5 rings (SSSR count). The topological polar surface area (TPSA) is 58.6 Å². The van der Waals surface area contributed by atoms with Crippen LogP contribution in [0.5, 0.6) is 11.5 Å². The van der Waals surface area contributed by atoms with E-state index in [9.17, 15) is 9.59 Å². The van der Waals surface area contributed by atoms with Crippen molar-refractivity contribution in [3.8, 4) is 11.5 Å². The van der Waals surface area contributed by atoms with Crippen LogP contribution in [0.1, 0.15) is 5.56 Å². The summed E-state index contributed by atoms with van der Waals surface area (Å²) in [7, 11) is 0. The highest BCUT2D eigenvalue weighted by Crippen LogP contribution is 2.38. The normalized spacial score (nSPS) is 15.2. The molecule has 1 aromatic heterocycles. The molecule has 168 valence electrons. The maximum absolute atomic E-state index is 13.4. The first-order valence-electron chi connectivity index (χ1n) is 10.0. The van der Waals surface area contributed by atoms with Crippen molar-refractivity contribution in [1.82, 2.24) is 5.32 Å². The van der Waals surface area contributed by atoms with E-state index in [1.54, 1.807) is 36.4 Å². The van der Waals surface area contributed by atoms with Crippen molar-refractivity contribution >= 4 is 89.9 Å². The molecule has 0 aliphatic carbocycles. The van der Waals surface area contributed by atoms with Gasteiger partial charge in [0.25, 0.3) is 11.8 Å². The van der Waals surface area contributed by atoms with E-state index >= 15 is 0 Å². The lowest BCUT2D eigenvalue weighted by Crippen LogP contribution is -2.54. The van der Waals surface area contributed by atoms with E-state index in [1.807, 2.05) is 42.5 Å². The fourth-order valence-electron chi connectivity index (χ4n) is 3.52. The number of hydrogen-bond acceptors (Lipinski definition) is 5. The first kappa shape index (κ1) is 22.7. The average Bonchev–Trinajstić information content (AvgIpc) is 3.12. The number of nitrogens with zero attached hydrogens (tertiary/aromatic N) is 1. The molecule has 5 nitrogen and oxygen atoms in total. The lowest BCUT2D eigenvalue weighted by atomic mass is 10.1. The predicted molar refractivity (Wildman–Crippen MR) is 144 cm³/mol. The molecule has 2 heterocycles. The van der Waals surface area contributed by atoms with E-state index in [-0.39, 0.29) is 10.7 Å². The molecule has 34 heavy (non-hydrogen) atoms. The van der Waals surface area contributed by atoms with E-state index in [1.165, 1.54) is 16.2 Å². The summed E-state index contributed by atoms with van der Waals surface area (Å²) in [5.74, 6) is 0.240. The first-order chi connectivity index (χ1) is 16.4. The zero-order valence-electron chi connectivity index (χ0n) is 17.2. The molecule has 3 aromatic carbocycles. The van der Waals surface area contributed by atoms with Gasteiger partial charge in [0.1, 0.15) is 17.1 Å². The Morgan fingerprint density at radius 3 is 2.44 bits per heavy atom. The van der Waals surface area contributed by atoms with Crippen LogP contribution >= 0.6 is 51.1 Å². The van der Waals surface area contributed by atoms with Crippen LogP contribution in [0.3, 0.4) is 0 Å². The van der Waals surface area contributed by atoms with Crippen molar-refractivity contribution in [2.45, 2.75) is 0 Å². The lowest BCUT2D eigenvalue weighted by Gasteiger charge is -2.29. The summed E-state index contributed by atoms with van der Waals surface area (Å²) in [5, 5.41) is 4.04. The Hall–Kier alpha value is -3.04. The Labute approximate surface area is 217 Å². The van der Waals surface area contributed by atoms with Crippen LogP contribution in [-0.2, 0) is 9.59 Å². The van der Waals surface area contributed by atoms with Crippen molar-refractivity contribution in [1.29, 1.82) is 0 Å². The van der Waals surface area contributed by atoms with Crippen LogP contribution in [0.4, 0.5) is 5.69 Å². The molecule has 0 radical (unpaired) electrons. The number of amides is 2. The third-order valence-corrected chi connectivity index (χ3v) is 7.51. The van der Waals surface area contributed by atoms with Crippen molar-refractivity contribution in [2.75, 3.05) is 4.90 Å². The number of benzene rings is 3. The van der Waals surface area contributed by atoms with Gasteiger partial charge in [0.2, 0.25) is 0 Å². The first-order valence-corrected chi connectivity index (χ1v) is 12.4. The number of ether oxygens (including phenoxy) is 1. The molecule has 0 unspecified atom stereocenters. The van der Waals surface area contributed by atoms with Gasteiger partial charge in [-0.3, -0.25) is 19.8 Å². The molecule has 0 bridgehead atoms. The maximum atomic E-state index is 13.4. The minimum absolute atomic E-state index is 0.0150. The van der Waals surface area contributed by atoms with Gasteiger partial charge in [0.15, 0.2) is 5.11 Å². The largest absolute Gasteiger partial charge is 0.457 e. The van der Waals surface area contributed by atoms with Crippen LogP contribution in [0.25, 0.3) is 16.2 Å². The Balaban J connectivity index is 1.48. The molecule has 1 aliphatic rings. The van der Waals surface area contributed by atoms with Crippen LogP contribution in [0, 0.1) is 0 Å². The highest BCUT2D eigenvalue weighted by Gasteiger charge is 2.35. The predicted octanol–water partition coefficient (Wildman–Crippen LogP) is 6.94. The van der Waals surface area contributed by atoms with Gasteiger partial charge in [-0.05, 0) is 88.8 Å². The van der Waals surface area contributed by atoms with Gasteiger partial charge in [-0.2, -0.15) is 0 Å². The minimum Gasteiger partial charge on any atom is -0.457 e. The van der Waals surface area contributed by atoms with Crippen molar-refractivity contribution < 1.29 is 14.3 Å². The molecular formula is C25H14BrClN2O3S2. The number of rotatable bonds is 4. The minimum atomic E-state index is -0.552. The maximum Gasteiger partial charge on any atom is 0.270 e. The number of hydrogen-bond donors (Lipinski definition) is 1. The summed E-state index contributed by atoms with van der Waals surface area (Å²) in [5.41, 5.74) is 1.19. The van der Waals surface area contributed by atoms with Crippen LogP contribution in [0.15, 0.2) is 82.2 Å². The Morgan fingerprint density at radius 2 is 1.71 bits per heavy atom. The number of para-hydroxylation sites is 1. The van der Waals surface area contributed by atoms with Crippen molar-refractivity contribution in [2.24, 2.45) is 0 Å². The number of nitrogens with one attached hydrogen (secondary N) is 1. The van der Waals surface area contributed by atoms with Gasteiger partial charge in [0, 0.05) is 20.7 Å². The van der Waals surface area contributed by atoms with Crippen molar-refractivity contribution in [3.05, 3.63) is 92.7 Å². The molecule has 0 saturated carbocycles. The molecular weight excluding hydrogens is 556 g/mol. The molecule has 4 aromatic rings. The highest BCUT2D eigenvalue weighted by atomic mass is 79.9. The summed E-state index contributed by atoms with van der Waals surface area (Å²) < 4.78 is 7.59. The molecule has 1 aliphatic heterocycles. The third kappa shape index (κ3) is 4.37. The third-order valence-electron chi connectivity index (χ3n) is 5.11. The number of thiophene rings is 1. The Kier molecular flexibility index (Phi) is 6.22. The van der Waals surface area contributed by atoms with Gasteiger partial charge in [-0.15, -0.1) is 11.3 Å². The van der Waals surface area contributed by atoms with Gasteiger partial charge >= 0.3 is 0 Å². The van der Waals surface area contributed by atoms with E-state index < -0.39 is 11.8 Å². The average molecular weight is 570 g/mol. The van der Waals surface area contributed by atoms with E-state index in [0.717, 1.165) is 13.9 Å². The zero-order chi connectivity index (χ0) is 23.8.